The van der Waals surface area contributed by atoms with Crippen LogP contribution in [-0.4, -0.2) is 33.1 Å². The highest BCUT2D eigenvalue weighted by molar-refractivity contribution is 7.89. The van der Waals surface area contributed by atoms with E-state index in [-0.39, 0.29) is 15.5 Å². The Bertz CT molecular complexity index is 990. The molecule has 3 N–H and O–H groups in total. The summed E-state index contributed by atoms with van der Waals surface area (Å²) in [6.07, 6.45) is 1.33. The zero-order valence-corrected chi connectivity index (χ0v) is 15.2. The number of rotatable bonds is 7. The van der Waals surface area contributed by atoms with Crippen LogP contribution < -0.4 is 20.4 Å². The van der Waals surface area contributed by atoms with Crippen LogP contribution in [0.2, 0.25) is 5.02 Å². The molecule has 0 radical (unpaired) electrons. The second-order valence-corrected chi connectivity index (χ2v) is 7.06. The maximum absolute atomic E-state index is 12.0. The number of hydrogen-bond acceptors (Lipinski definition) is 7. The molecule has 1 amide bonds. The first kappa shape index (κ1) is 20.4. The van der Waals surface area contributed by atoms with E-state index in [0.29, 0.717) is 11.3 Å². The van der Waals surface area contributed by atoms with E-state index >= 15 is 0 Å². The van der Waals surface area contributed by atoms with Gasteiger partial charge >= 0.3 is 0 Å². The lowest BCUT2D eigenvalue weighted by Crippen LogP contribution is -2.28. The van der Waals surface area contributed by atoms with Crippen molar-refractivity contribution in [1.29, 1.82) is 0 Å². The van der Waals surface area contributed by atoms with Crippen molar-refractivity contribution in [3.8, 4) is 5.75 Å². The summed E-state index contributed by atoms with van der Waals surface area (Å²) >= 11 is 5.76. The fourth-order valence-corrected chi connectivity index (χ4v) is 2.96. The quantitative estimate of drug-likeness (QED) is 0.479. The Morgan fingerprint density at radius 3 is 2.48 bits per heavy atom. The van der Waals surface area contributed by atoms with Gasteiger partial charge in [-0.15, -0.1) is 0 Å². The maximum atomic E-state index is 12.0. The molecular weight excluding hydrogens is 398 g/mol. The highest BCUT2D eigenvalue weighted by Crippen LogP contribution is 2.21. The van der Waals surface area contributed by atoms with Gasteiger partial charge in [-0.3, -0.25) is 4.79 Å². The summed E-state index contributed by atoms with van der Waals surface area (Å²) in [6.45, 7) is -0.564. The number of nitrogens with two attached hydrogens (primary N) is 1. The van der Waals surface area contributed by atoms with Crippen LogP contribution in [0.15, 0.2) is 52.5 Å². The minimum Gasteiger partial charge on any atom is -0.546 e. The number of nitrogens with one attached hydrogen (secondary N) is 1. The van der Waals surface area contributed by atoms with E-state index in [2.05, 4.69) is 10.5 Å². The summed E-state index contributed by atoms with van der Waals surface area (Å²) in [7, 11) is -4.07. The van der Waals surface area contributed by atoms with Gasteiger partial charge < -0.3 is 14.6 Å². The Morgan fingerprint density at radius 1 is 1.22 bits per heavy atom. The van der Waals surface area contributed by atoms with Crippen LogP contribution in [0.5, 0.6) is 5.75 Å². The number of primary sulfonamides is 1. The normalized spacial score (nSPS) is 11.3. The number of carboxylic acids is 1. The number of nitrogens with zero attached hydrogens (tertiary/aromatic N) is 1. The zero-order chi connectivity index (χ0) is 20.0. The number of sulfonamides is 1. The molecule has 0 saturated carbocycles. The molecule has 0 spiro atoms. The minimum absolute atomic E-state index is 0.00611. The number of hydrogen-bond donors (Lipinski definition) is 2. The number of ether oxygens (including phenoxy) is 1. The number of benzene rings is 2. The monoisotopic (exact) mass is 410 g/mol. The first-order valence-corrected chi connectivity index (χ1v) is 9.18. The van der Waals surface area contributed by atoms with Crippen molar-refractivity contribution < 1.29 is 27.9 Å². The van der Waals surface area contributed by atoms with Gasteiger partial charge in [-0.05, 0) is 48.0 Å². The second kappa shape index (κ2) is 8.62. The Kier molecular flexibility index (Phi) is 6.50. The topological polar surface area (TPSA) is 151 Å². The fraction of sp³-hybridized carbons (Fsp3) is 0.0625. The SMILES string of the molecule is NS(=O)(=O)c1cc(C(=O)N/N=C\c2ccc(OCC(=O)[O-])cc2)ccc1Cl. The highest BCUT2D eigenvalue weighted by atomic mass is 35.5. The molecule has 0 aliphatic carbocycles. The van der Waals surface area contributed by atoms with Crippen LogP contribution in [0, 0.1) is 0 Å². The van der Waals surface area contributed by atoms with E-state index in [1.54, 1.807) is 12.1 Å². The van der Waals surface area contributed by atoms with Crippen molar-refractivity contribution in [2.45, 2.75) is 4.90 Å². The third kappa shape index (κ3) is 6.06. The molecule has 0 heterocycles. The van der Waals surface area contributed by atoms with Crippen molar-refractivity contribution in [3.05, 3.63) is 58.6 Å². The molecule has 2 aromatic rings. The van der Waals surface area contributed by atoms with Gasteiger partial charge in [0.2, 0.25) is 10.0 Å². The van der Waals surface area contributed by atoms with Crippen LogP contribution in [-0.2, 0) is 14.8 Å². The predicted octanol–water partition coefficient (Wildman–Crippen LogP) is -0.120. The molecule has 9 nitrogen and oxygen atoms in total. The van der Waals surface area contributed by atoms with Gasteiger partial charge in [-0.25, -0.2) is 19.0 Å². The number of carboxylic acid groups (broad SMARTS) is 1. The number of halogens is 1. The molecule has 0 aliphatic heterocycles. The van der Waals surface area contributed by atoms with E-state index in [1.165, 1.54) is 30.5 Å². The van der Waals surface area contributed by atoms with Crippen LogP contribution in [0.25, 0.3) is 0 Å². The standard InChI is InChI=1S/C16H14ClN3O6S/c17-13-6-3-11(7-14(13)27(18,24)25)16(23)20-19-8-10-1-4-12(5-2-10)26-9-15(21)22/h1-8H,9H2,(H,20,23)(H,21,22)(H2,18,24,25)/p-1/b19-8-. The Balaban J connectivity index is 2.02. The smallest absolute Gasteiger partial charge is 0.271 e. The van der Waals surface area contributed by atoms with Gasteiger partial charge in [0, 0.05) is 5.56 Å². The lowest BCUT2D eigenvalue weighted by molar-refractivity contribution is -0.307. The lowest BCUT2D eigenvalue weighted by atomic mass is 10.2. The molecule has 0 bridgehead atoms. The third-order valence-corrected chi connectivity index (χ3v) is 4.51. The van der Waals surface area contributed by atoms with Crippen LogP contribution in [0.1, 0.15) is 15.9 Å². The van der Waals surface area contributed by atoms with E-state index in [4.69, 9.17) is 21.5 Å². The highest BCUT2D eigenvalue weighted by Gasteiger charge is 2.16. The molecule has 11 heteroatoms. The summed E-state index contributed by atoms with van der Waals surface area (Å²) in [6, 6.07) is 9.82. The van der Waals surface area contributed by atoms with Crippen LogP contribution in [0.4, 0.5) is 0 Å². The number of aliphatic carboxylic acids is 1. The second-order valence-electron chi connectivity index (χ2n) is 5.12. The van der Waals surface area contributed by atoms with Gasteiger partial charge in [0.1, 0.15) is 17.3 Å². The van der Waals surface area contributed by atoms with Gasteiger partial charge in [0.05, 0.1) is 17.2 Å². The van der Waals surface area contributed by atoms with E-state index in [0.717, 1.165) is 6.07 Å². The van der Waals surface area contributed by atoms with E-state index in [1.807, 2.05) is 0 Å². The zero-order valence-electron chi connectivity index (χ0n) is 13.6. The van der Waals surface area contributed by atoms with Crippen molar-refractivity contribution >= 4 is 39.7 Å². The third-order valence-electron chi connectivity index (χ3n) is 3.12. The van der Waals surface area contributed by atoms with Crippen molar-refractivity contribution in [2.75, 3.05) is 6.61 Å². The first-order chi connectivity index (χ1) is 12.7. The van der Waals surface area contributed by atoms with Crippen molar-refractivity contribution in [3.63, 3.8) is 0 Å². The molecule has 0 aliphatic rings. The lowest BCUT2D eigenvalue weighted by Gasteiger charge is -2.06. The maximum Gasteiger partial charge on any atom is 0.271 e. The van der Waals surface area contributed by atoms with Crippen molar-refractivity contribution in [1.82, 2.24) is 5.43 Å². The van der Waals surface area contributed by atoms with Gasteiger partial charge in [0.25, 0.3) is 5.91 Å². The number of carbonyl (C=O) groups is 2. The first-order valence-electron chi connectivity index (χ1n) is 7.25. The predicted molar refractivity (Wildman–Crippen MR) is 94.8 cm³/mol. The summed E-state index contributed by atoms with van der Waals surface area (Å²) in [5.74, 6) is -1.67. The van der Waals surface area contributed by atoms with E-state index < -0.39 is 28.5 Å². The molecule has 142 valence electrons. The molecule has 0 unspecified atom stereocenters. The molecule has 0 atom stereocenters. The average Bonchev–Trinajstić information content (AvgIpc) is 2.60. The number of amides is 1. The Morgan fingerprint density at radius 2 is 1.89 bits per heavy atom. The Hall–Kier alpha value is -2.95. The molecule has 0 saturated heterocycles. The molecular formula is C16H13ClN3O6S-. The van der Waals surface area contributed by atoms with Gasteiger partial charge in [-0.1, -0.05) is 11.6 Å². The minimum atomic E-state index is -4.07. The fourth-order valence-electron chi connectivity index (χ4n) is 1.89. The Labute approximate surface area is 159 Å². The molecule has 0 aromatic heterocycles. The summed E-state index contributed by atoms with van der Waals surface area (Å²) in [5.41, 5.74) is 2.84. The summed E-state index contributed by atoms with van der Waals surface area (Å²) < 4.78 is 27.8. The average molecular weight is 411 g/mol. The van der Waals surface area contributed by atoms with Crippen LogP contribution >= 0.6 is 11.6 Å². The van der Waals surface area contributed by atoms with Crippen LogP contribution in [0.3, 0.4) is 0 Å². The number of carbonyl (C=O) groups excluding carboxylic acids is 2. The molecule has 27 heavy (non-hydrogen) atoms. The van der Waals surface area contributed by atoms with E-state index in [9.17, 15) is 23.1 Å². The van der Waals surface area contributed by atoms with Gasteiger partial charge in [0.15, 0.2) is 0 Å². The molecule has 2 aromatic carbocycles. The summed E-state index contributed by atoms with van der Waals surface area (Å²) in [5, 5.41) is 19.0. The van der Waals surface area contributed by atoms with Crippen molar-refractivity contribution in [2.24, 2.45) is 10.2 Å². The molecule has 0 fully saturated rings. The summed E-state index contributed by atoms with van der Waals surface area (Å²) in [4.78, 5) is 22.0. The largest absolute Gasteiger partial charge is 0.546 e. The number of hydrazone groups is 1. The van der Waals surface area contributed by atoms with Gasteiger partial charge in [-0.2, -0.15) is 5.10 Å². The molecule has 2 rings (SSSR count).